The molecule has 0 saturated carbocycles. The Labute approximate surface area is 119 Å². The lowest BCUT2D eigenvalue weighted by molar-refractivity contribution is 0.0953. The summed E-state index contributed by atoms with van der Waals surface area (Å²) in [5, 5.41) is 5.36. The lowest BCUT2D eigenvalue weighted by atomic mass is 10.2. The molecule has 5 nitrogen and oxygen atoms in total. The van der Waals surface area contributed by atoms with E-state index in [0.29, 0.717) is 17.8 Å². The predicted molar refractivity (Wildman–Crippen MR) is 77.8 cm³/mol. The average Bonchev–Trinajstić information content (AvgIpc) is 2.38. The maximum absolute atomic E-state index is 11.7. The number of anilines is 1. The summed E-state index contributed by atoms with van der Waals surface area (Å²) in [5.74, 6) is -0.112. The molecule has 0 atom stereocenters. The van der Waals surface area contributed by atoms with Crippen molar-refractivity contribution < 1.29 is 14.3 Å². The van der Waals surface area contributed by atoms with Crippen LogP contribution in [0.15, 0.2) is 18.2 Å². The third-order valence-electron chi connectivity index (χ3n) is 2.19. The molecule has 1 rings (SSSR count). The van der Waals surface area contributed by atoms with Gasteiger partial charge in [0.1, 0.15) is 0 Å². The zero-order chi connectivity index (χ0) is 13.5. The molecule has 0 aliphatic heterocycles. The molecule has 0 fully saturated rings. The fourth-order valence-electron chi connectivity index (χ4n) is 1.26. The number of ether oxygens (including phenoxy) is 1. The second-order valence-electron chi connectivity index (χ2n) is 3.57. The Morgan fingerprint density at radius 2 is 2.11 bits per heavy atom. The van der Waals surface area contributed by atoms with Gasteiger partial charge in [-0.15, -0.1) is 0 Å². The number of amides is 2. The van der Waals surface area contributed by atoms with Crippen LogP contribution >= 0.6 is 22.6 Å². The molecule has 18 heavy (non-hydrogen) atoms. The van der Waals surface area contributed by atoms with Crippen molar-refractivity contribution in [2.75, 3.05) is 19.0 Å². The van der Waals surface area contributed by atoms with Crippen molar-refractivity contribution in [1.82, 2.24) is 5.32 Å². The first-order valence-corrected chi connectivity index (χ1v) is 6.59. The van der Waals surface area contributed by atoms with Gasteiger partial charge in [0.2, 0.25) is 0 Å². The summed E-state index contributed by atoms with van der Waals surface area (Å²) in [6.45, 7) is 2.64. The zero-order valence-corrected chi connectivity index (χ0v) is 12.4. The summed E-state index contributed by atoms with van der Waals surface area (Å²) in [7, 11) is 1.30. The highest BCUT2D eigenvalue weighted by molar-refractivity contribution is 14.1. The Hall–Kier alpha value is -1.31. The smallest absolute Gasteiger partial charge is 0.411 e. The van der Waals surface area contributed by atoms with E-state index in [9.17, 15) is 9.59 Å². The fraction of sp³-hybridized carbons (Fsp3) is 0.333. The van der Waals surface area contributed by atoms with Crippen molar-refractivity contribution in [3.8, 4) is 0 Å². The summed E-state index contributed by atoms with van der Waals surface area (Å²) in [6, 6.07) is 5.06. The molecule has 0 saturated heterocycles. The number of rotatable bonds is 4. The maximum Gasteiger partial charge on any atom is 0.411 e. The first-order valence-electron chi connectivity index (χ1n) is 5.51. The molecule has 1 aromatic carbocycles. The number of carbonyl (C=O) groups is 2. The van der Waals surface area contributed by atoms with Gasteiger partial charge < -0.3 is 10.1 Å². The van der Waals surface area contributed by atoms with Crippen molar-refractivity contribution in [2.45, 2.75) is 13.3 Å². The molecular weight excluding hydrogens is 347 g/mol. The number of nitrogens with one attached hydrogen (secondary N) is 2. The SMILES string of the molecule is CCCNC(=O)c1ccc(NC(=O)OC)c(I)c1. The quantitative estimate of drug-likeness (QED) is 0.810. The average molecular weight is 362 g/mol. The van der Waals surface area contributed by atoms with E-state index in [2.05, 4.69) is 38.0 Å². The fourth-order valence-corrected chi connectivity index (χ4v) is 1.91. The number of hydrogen-bond donors (Lipinski definition) is 2. The van der Waals surface area contributed by atoms with Crippen LogP contribution in [0.2, 0.25) is 0 Å². The largest absolute Gasteiger partial charge is 0.453 e. The van der Waals surface area contributed by atoms with Crippen LogP contribution in [0.3, 0.4) is 0 Å². The molecule has 0 radical (unpaired) electrons. The molecule has 0 aliphatic carbocycles. The van der Waals surface area contributed by atoms with Crippen LogP contribution in [0.5, 0.6) is 0 Å². The minimum absolute atomic E-state index is 0.112. The van der Waals surface area contributed by atoms with Crippen LogP contribution in [0.1, 0.15) is 23.7 Å². The third kappa shape index (κ3) is 4.17. The lowest BCUT2D eigenvalue weighted by Crippen LogP contribution is -2.24. The summed E-state index contributed by atoms with van der Waals surface area (Å²) in [4.78, 5) is 22.8. The Morgan fingerprint density at radius 3 is 2.67 bits per heavy atom. The van der Waals surface area contributed by atoms with Crippen molar-refractivity contribution >= 4 is 40.3 Å². The lowest BCUT2D eigenvalue weighted by Gasteiger charge is -2.08. The van der Waals surface area contributed by atoms with Gasteiger partial charge in [0.15, 0.2) is 0 Å². The second kappa shape index (κ2) is 7.20. The summed E-state index contributed by atoms with van der Waals surface area (Å²) >= 11 is 2.06. The van der Waals surface area contributed by atoms with E-state index in [-0.39, 0.29) is 5.91 Å². The van der Waals surface area contributed by atoms with Crippen LogP contribution in [0, 0.1) is 3.57 Å². The minimum atomic E-state index is -0.531. The number of hydrogen-bond acceptors (Lipinski definition) is 3. The first kappa shape index (κ1) is 14.7. The molecule has 2 amide bonds. The van der Waals surface area contributed by atoms with Gasteiger partial charge in [-0.1, -0.05) is 6.92 Å². The van der Waals surface area contributed by atoms with Crippen LogP contribution in [-0.2, 0) is 4.74 Å². The number of benzene rings is 1. The van der Waals surface area contributed by atoms with Gasteiger partial charge in [-0.05, 0) is 47.2 Å². The number of methoxy groups -OCH3 is 1. The number of halogens is 1. The molecule has 0 aromatic heterocycles. The molecule has 0 unspecified atom stereocenters. The Morgan fingerprint density at radius 1 is 1.39 bits per heavy atom. The summed E-state index contributed by atoms with van der Waals surface area (Å²) in [6.07, 6.45) is 0.362. The van der Waals surface area contributed by atoms with Gasteiger partial charge in [0.05, 0.1) is 12.8 Å². The van der Waals surface area contributed by atoms with Crippen molar-refractivity contribution in [1.29, 1.82) is 0 Å². The molecule has 0 bridgehead atoms. The molecule has 0 heterocycles. The highest BCUT2D eigenvalue weighted by Crippen LogP contribution is 2.19. The van der Waals surface area contributed by atoms with E-state index < -0.39 is 6.09 Å². The predicted octanol–water partition coefficient (Wildman–Crippen LogP) is 2.61. The topological polar surface area (TPSA) is 67.4 Å². The zero-order valence-electron chi connectivity index (χ0n) is 10.2. The van der Waals surface area contributed by atoms with Crippen LogP contribution in [0.25, 0.3) is 0 Å². The van der Waals surface area contributed by atoms with Gasteiger partial charge in [-0.2, -0.15) is 0 Å². The van der Waals surface area contributed by atoms with E-state index in [4.69, 9.17) is 0 Å². The second-order valence-corrected chi connectivity index (χ2v) is 4.73. The van der Waals surface area contributed by atoms with Gasteiger partial charge in [0.25, 0.3) is 5.91 Å². The highest BCUT2D eigenvalue weighted by Gasteiger charge is 2.09. The van der Waals surface area contributed by atoms with Crippen LogP contribution in [0.4, 0.5) is 10.5 Å². The Bertz CT molecular complexity index is 449. The molecule has 0 spiro atoms. The van der Waals surface area contributed by atoms with Crippen molar-refractivity contribution in [2.24, 2.45) is 0 Å². The molecule has 98 valence electrons. The molecular formula is C12H15IN2O3. The minimum Gasteiger partial charge on any atom is -0.453 e. The summed E-state index contributed by atoms with van der Waals surface area (Å²) < 4.78 is 5.29. The van der Waals surface area contributed by atoms with E-state index in [0.717, 1.165) is 9.99 Å². The monoisotopic (exact) mass is 362 g/mol. The van der Waals surface area contributed by atoms with Gasteiger partial charge in [-0.25, -0.2) is 4.79 Å². The molecule has 2 N–H and O–H groups in total. The number of carbonyl (C=O) groups excluding carboxylic acids is 2. The standard InChI is InChI=1S/C12H15IN2O3/c1-3-6-14-11(16)8-4-5-10(9(13)7-8)15-12(17)18-2/h4-5,7H,3,6H2,1-2H3,(H,14,16)(H,15,17). The molecule has 6 heteroatoms. The van der Waals surface area contributed by atoms with Gasteiger partial charge in [0, 0.05) is 15.7 Å². The highest BCUT2D eigenvalue weighted by atomic mass is 127. The normalized spacial score (nSPS) is 9.72. The third-order valence-corrected chi connectivity index (χ3v) is 3.08. The van der Waals surface area contributed by atoms with E-state index >= 15 is 0 Å². The Kier molecular flexibility index (Phi) is 5.90. The molecule has 0 aliphatic rings. The van der Waals surface area contributed by atoms with E-state index in [1.807, 2.05) is 6.92 Å². The van der Waals surface area contributed by atoms with Crippen molar-refractivity contribution in [3.63, 3.8) is 0 Å². The maximum atomic E-state index is 11.7. The van der Waals surface area contributed by atoms with E-state index in [1.54, 1.807) is 18.2 Å². The molecule has 1 aromatic rings. The van der Waals surface area contributed by atoms with Crippen molar-refractivity contribution in [3.05, 3.63) is 27.3 Å². The van der Waals surface area contributed by atoms with Gasteiger partial charge >= 0.3 is 6.09 Å². The van der Waals surface area contributed by atoms with Crippen LogP contribution in [-0.4, -0.2) is 25.7 Å². The van der Waals surface area contributed by atoms with Crippen LogP contribution < -0.4 is 10.6 Å². The summed E-state index contributed by atoms with van der Waals surface area (Å²) in [5.41, 5.74) is 1.19. The first-order chi connectivity index (χ1) is 8.58. The Balaban J connectivity index is 2.78. The van der Waals surface area contributed by atoms with E-state index in [1.165, 1.54) is 7.11 Å². The van der Waals surface area contributed by atoms with Gasteiger partial charge in [-0.3, -0.25) is 10.1 Å².